The highest BCUT2D eigenvalue weighted by Crippen LogP contribution is 2.27. The molecule has 0 bridgehead atoms. The Bertz CT molecular complexity index is 573. The van der Waals surface area contributed by atoms with Crippen LogP contribution in [0.5, 0.6) is 5.88 Å². The molecule has 8 heteroatoms. The van der Waals surface area contributed by atoms with Crippen molar-refractivity contribution in [3.8, 4) is 5.88 Å². The Morgan fingerprint density at radius 3 is 2.95 bits per heavy atom. The van der Waals surface area contributed by atoms with E-state index in [4.69, 9.17) is 22.2 Å². The summed E-state index contributed by atoms with van der Waals surface area (Å²) < 4.78 is 6.92. The number of aryl methyl sites for hydroxylation is 1. The lowest BCUT2D eigenvalue weighted by molar-refractivity contribution is 0.394. The molecule has 1 unspecified atom stereocenters. The van der Waals surface area contributed by atoms with Gasteiger partial charge in [-0.15, -0.1) is 0 Å². The lowest BCUT2D eigenvalue weighted by atomic mass is 10.1. The number of methoxy groups -OCH3 is 1. The number of nitrogens with zero attached hydrogens (tertiary/aromatic N) is 4. The second-order valence-corrected chi connectivity index (χ2v) is 4.59. The Kier molecular flexibility index (Phi) is 4.89. The van der Waals surface area contributed by atoms with Crippen LogP contribution >= 0.6 is 11.6 Å². The van der Waals surface area contributed by atoms with E-state index in [2.05, 4.69) is 27.4 Å². The standard InChI is InChI=1S/C12H17ClN6O/c1-3-4-19-12(8(13)6-17-19)11(18-14)9-5-10(20-2)16-7-15-9/h5-7,11,18H,3-4,14H2,1-2H3. The largest absolute Gasteiger partial charge is 0.481 e. The number of ether oxygens (including phenoxy) is 1. The minimum atomic E-state index is -0.381. The summed E-state index contributed by atoms with van der Waals surface area (Å²) in [6.45, 7) is 2.82. The normalized spacial score (nSPS) is 12.4. The third-order valence-electron chi connectivity index (χ3n) is 2.88. The Balaban J connectivity index is 2.43. The van der Waals surface area contributed by atoms with Crippen molar-refractivity contribution in [2.75, 3.05) is 7.11 Å². The fourth-order valence-corrected chi connectivity index (χ4v) is 2.23. The van der Waals surface area contributed by atoms with E-state index in [0.29, 0.717) is 16.6 Å². The second kappa shape index (κ2) is 6.65. The van der Waals surface area contributed by atoms with Gasteiger partial charge in [0, 0.05) is 12.6 Å². The molecule has 2 rings (SSSR count). The number of aromatic nitrogens is 4. The summed E-state index contributed by atoms with van der Waals surface area (Å²) in [6, 6.07) is 1.33. The van der Waals surface area contributed by atoms with Gasteiger partial charge in [0.2, 0.25) is 5.88 Å². The third kappa shape index (κ3) is 2.90. The van der Waals surface area contributed by atoms with Crippen LogP contribution in [-0.4, -0.2) is 26.9 Å². The molecule has 0 fully saturated rings. The van der Waals surface area contributed by atoms with E-state index in [1.165, 1.54) is 6.33 Å². The molecular weight excluding hydrogens is 280 g/mol. The molecule has 2 aromatic rings. The highest BCUT2D eigenvalue weighted by atomic mass is 35.5. The van der Waals surface area contributed by atoms with Crippen LogP contribution in [0.25, 0.3) is 0 Å². The van der Waals surface area contributed by atoms with Gasteiger partial charge in [-0.3, -0.25) is 10.5 Å². The molecule has 2 heterocycles. The minimum absolute atomic E-state index is 0.381. The number of hydrogen-bond acceptors (Lipinski definition) is 6. The molecule has 0 radical (unpaired) electrons. The second-order valence-electron chi connectivity index (χ2n) is 4.19. The van der Waals surface area contributed by atoms with E-state index in [0.717, 1.165) is 18.7 Å². The van der Waals surface area contributed by atoms with Crippen LogP contribution in [0.4, 0.5) is 0 Å². The van der Waals surface area contributed by atoms with Crippen molar-refractivity contribution < 1.29 is 4.74 Å². The Morgan fingerprint density at radius 1 is 1.50 bits per heavy atom. The van der Waals surface area contributed by atoms with Crippen molar-refractivity contribution in [3.63, 3.8) is 0 Å². The van der Waals surface area contributed by atoms with Crippen LogP contribution in [0.15, 0.2) is 18.6 Å². The van der Waals surface area contributed by atoms with Crippen LogP contribution in [0.1, 0.15) is 30.8 Å². The molecule has 0 aliphatic heterocycles. The molecule has 0 saturated carbocycles. The van der Waals surface area contributed by atoms with Gasteiger partial charge in [0.05, 0.1) is 29.7 Å². The maximum atomic E-state index is 6.22. The molecule has 1 atom stereocenters. The van der Waals surface area contributed by atoms with Gasteiger partial charge in [0.25, 0.3) is 0 Å². The van der Waals surface area contributed by atoms with Crippen molar-refractivity contribution in [3.05, 3.63) is 35.0 Å². The zero-order valence-electron chi connectivity index (χ0n) is 11.4. The summed E-state index contributed by atoms with van der Waals surface area (Å²) >= 11 is 6.22. The molecule has 0 aliphatic carbocycles. The van der Waals surface area contributed by atoms with Crippen molar-refractivity contribution in [1.29, 1.82) is 0 Å². The SMILES string of the molecule is CCCn1ncc(Cl)c1C(NN)c1cc(OC)ncn1. The molecule has 2 aromatic heterocycles. The maximum absolute atomic E-state index is 6.22. The first-order valence-corrected chi connectivity index (χ1v) is 6.62. The summed E-state index contributed by atoms with van der Waals surface area (Å²) in [5, 5.41) is 4.80. The number of rotatable bonds is 6. The summed E-state index contributed by atoms with van der Waals surface area (Å²) in [4.78, 5) is 8.20. The van der Waals surface area contributed by atoms with Crippen LogP contribution in [-0.2, 0) is 6.54 Å². The molecule has 108 valence electrons. The number of hydrazine groups is 1. The zero-order chi connectivity index (χ0) is 14.5. The first-order chi connectivity index (χ1) is 9.71. The van der Waals surface area contributed by atoms with E-state index < -0.39 is 0 Å². The van der Waals surface area contributed by atoms with Crippen molar-refractivity contribution in [2.24, 2.45) is 5.84 Å². The molecule has 0 saturated heterocycles. The van der Waals surface area contributed by atoms with Crippen molar-refractivity contribution in [1.82, 2.24) is 25.2 Å². The number of nitrogens with two attached hydrogens (primary N) is 1. The van der Waals surface area contributed by atoms with Gasteiger partial charge in [0.15, 0.2) is 0 Å². The minimum Gasteiger partial charge on any atom is -0.481 e. The summed E-state index contributed by atoms with van der Waals surface area (Å²) in [5.41, 5.74) is 4.16. The average molecular weight is 297 g/mol. The fraction of sp³-hybridized carbons (Fsp3) is 0.417. The van der Waals surface area contributed by atoms with Gasteiger partial charge in [-0.1, -0.05) is 18.5 Å². The molecule has 0 amide bonds. The molecular formula is C12H17ClN6O. The van der Waals surface area contributed by atoms with E-state index in [-0.39, 0.29) is 6.04 Å². The summed E-state index contributed by atoms with van der Waals surface area (Å²) in [6.07, 6.45) is 3.97. The van der Waals surface area contributed by atoms with Gasteiger partial charge < -0.3 is 4.74 Å². The van der Waals surface area contributed by atoms with Gasteiger partial charge in [-0.2, -0.15) is 5.10 Å². The number of nitrogens with one attached hydrogen (secondary N) is 1. The maximum Gasteiger partial charge on any atom is 0.216 e. The third-order valence-corrected chi connectivity index (χ3v) is 3.17. The predicted molar refractivity (Wildman–Crippen MR) is 75.3 cm³/mol. The molecule has 20 heavy (non-hydrogen) atoms. The van der Waals surface area contributed by atoms with E-state index in [1.807, 2.05) is 4.68 Å². The Labute approximate surface area is 122 Å². The first-order valence-electron chi connectivity index (χ1n) is 6.24. The Morgan fingerprint density at radius 2 is 2.30 bits per heavy atom. The predicted octanol–water partition coefficient (Wildman–Crippen LogP) is 1.30. The van der Waals surface area contributed by atoms with Crippen LogP contribution in [0, 0.1) is 0 Å². The highest BCUT2D eigenvalue weighted by molar-refractivity contribution is 6.31. The highest BCUT2D eigenvalue weighted by Gasteiger charge is 2.22. The van der Waals surface area contributed by atoms with Gasteiger partial charge in [-0.25, -0.2) is 15.4 Å². The topological polar surface area (TPSA) is 90.9 Å². The number of hydrogen-bond donors (Lipinski definition) is 2. The molecule has 0 aliphatic rings. The average Bonchev–Trinajstić information content (AvgIpc) is 2.82. The van der Waals surface area contributed by atoms with Crippen LogP contribution in [0.2, 0.25) is 5.02 Å². The monoisotopic (exact) mass is 296 g/mol. The summed E-state index contributed by atoms with van der Waals surface area (Å²) in [5.74, 6) is 6.14. The van der Waals surface area contributed by atoms with Gasteiger partial charge in [0.1, 0.15) is 12.4 Å². The fourth-order valence-electron chi connectivity index (χ4n) is 1.98. The lowest BCUT2D eigenvalue weighted by Gasteiger charge is -2.18. The Hall–Kier alpha value is -1.70. The lowest BCUT2D eigenvalue weighted by Crippen LogP contribution is -2.31. The molecule has 3 N–H and O–H groups in total. The molecule has 0 spiro atoms. The van der Waals surface area contributed by atoms with E-state index >= 15 is 0 Å². The van der Waals surface area contributed by atoms with Crippen LogP contribution in [0.3, 0.4) is 0 Å². The quantitative estimate of drug-likeness (QED) is 0.617. The smallest absolute Gasteiger partial charge is 0.216 e. The number of halogens is 1. The van der Waals surface area contributed by atoms with E-state index in [1.54, 1.807) is 19.4 Å². The first kappa shape index (κ1) is 14.7. The van der Waals surface area contributed by atoms with Crippen LogP contribution < -0.4 is 16.0 Å². The molecule has 0 aromatic carbocycles. The van der Waals surface area contributed by atoms with E-state index in [9.17, 15) is 0 Å². The van der Waals surface area contributed by atoms with Crippen molar-refractivity contribution >= 4 is 11.6 Å². The van der Waals surface area contributed by atoms with Crippen molar-refractivity contribution in [2.45, 2.75) is 25.9 Å². The van der Waals surface area contributed by atoms with Gasteiger partial charge in [-0.05, 0) is 6.42 Å². The molecule has 7 nitrogen and oxygen atoms in total. The van der Waals surface area contributed by atoms with Gasteiger partial charge >= 0.3 is 0 Å². The summed E-state index contributed by atoms with van der Waals surface area (Å²) in [7, 11) is 1.55. The zero-order valence-corrected chi connectivity index (χ0v) is 12.1.